The van der Waals surface area contributed by atoms with Crippen LogP contribution in [-0.4, -0.2) is 37.1 Å². The Labute approximate surface area is 129 Å². The van der Waals surface area contributed by atoms with Crippen LogP contribution in [0.15, 0.2) is 30.3 Å². The van der Waals surface area contributed by atoms with Crippen LogP contribution in [0.25, 0.3) is 0 Å². The number of hydrogen-bond acceptors (Lipinski definition) is 2. The average Bonchev–Trinajstić information content (AvgIpc) is 3.38. The smallest absolute Gasteiger partial charge is 0.00965 e. The first-order valence-corrected chi connectivity index (χ1v) is 8.82. The molecule has 2 fully saturated rings. The minimum absolute atomic E-state index is 0.681. The van der Waals surface area contributed by atoms with Gasteiger partial charge in [0.15, 0.2) is 0 Å². The number of rotatable bonds is 7. The van der Waals surface area contributed by atoms with E-state index < -0.39 is 0 Å². The molecule has 0 amide bonds. The zero-order valence-electron chi connectivity index (χ0n) is 13.4. The molecule has 2 nitrogen and oxygen atoms in total. The van der Waals surface area contributed by atoms with Crippen molar-refractivity contribution in [2.45, 2.75) is 51.0 Å². The second kappa shape index (κ2) is 7.42. The fourth-order valence-corrected chi connectivity index (χ4v) is 3.57. The van der Waals surface area contributed by atoms with Gasteiger partial charge in [0.25, 0.3) is 0 Å². The molecule has 1 aliphatic carbocycles. The van der Waals surface area contributed by atoms with E-state index in [0.717, 1.165) is 12.0 Å². The van der Waals surface area contributed by atoms with Gasteiger partial charge in [-0.25, -0.2) is 0 Å². The predicted molar refractivity (Wildman–Crippen MR) is 89.7 cm³/mol. The summed E-state index contributed by atoms with van der Waals surface area (Å²) in [6, 6.07) is 11.9. The van der Waals surface area contributed by atoms with Gasteiger partial charge in [-0.2, -0.15) is 0 Å². The van der Waals surface area contributed by atoms with E-state index in [1.807, 2.05) is 0 Å². The first-order valence-electron chi connectivity index (χ1n) is 8.82. The molecule has 1 unspecified atom stereocenters. The van der Waals surface area contributed by atoms with Crippen molar-refractivity contribution >= 4 is 0 Å². The van der Waals surface area contributed by atoms with Gasteiger partial charge in [0.1, 0.15) is 0 Å². The Hall–Kier alpha value is -0.860. The Bertz CT molecular complexity index is 407. The maximum atomic E-state index is 3.49. The molecular weight excluding hydrogens is 256 g/mol. The number of hydrogen-bond donors (Lipinski definition) is 1. The third-order valence-corrected chi connectivity index (χ3v) is 5.23. The third-order valence-electron chi connectivity index (χ3n) is 5.23. The SMILES string of the molecule is CC(CCN(CC1CCNCC1)C1CC1)c1ccccc1. The fraction of sp³-hybridized carbons (Fsp3) is 0.684. The fourth-order valence-electron chi connectivity index (χ4n) is 3.57. The summed E-state index contributed by atoms with van der Waals surface area (Å²) in [5.74, 6) is 1.61. The van der Waals surface area contributed by atoms with Gasteiger partial charge in [-0.1, -0.05) is 37.3 Å². The van der Waals surface area contributed by atoms with Gasteiger partial charge in [0.2, 0.25) is 0 Å². The molecule has 1 saturated heterocycles. The lowest BCUT2D eigenvalue weighted by molar-refractivity contribution is 0.192. The molecule has 0 radical (unpaired) electrons. The summed E-state index contributed by atoms with van der Waals surface area (Å²) in [7, 11) is 0. The highest BCUT2D eigenvalue weighted by molar-refractivity contribution is 5.18. The second-order valence-electron chi connectivity index (χ2n) is 7.02. The van der Waals surface area contributed by atoms with Crippen LogP contribution in [0, 0.1) is 5.92 Å². The summed E-state index contributed by atoms with van der Waals surface area (Å²) in [4.78, 5) is 2.80. The monoisotopic (exact) mass is 286 g/mol. The molecule has 2 heteroatoms. The molecule has 116 valence electrons. The molecule has 0 spiro atoms. The van der Waals surface area contributed by atoms with Gasteiger partial charge in [-0.15, -0.1) is 0 Å². The van der Waals surface area contributed by atoms with Crippen LogP contribution >= 0.6 is 0 Å². The highest BCUT2D eigenvalue weighted by atomic mass is 15.2. The van der Waals surface area contributed by atoms with Crippen LogP contribution in [0.1, 0.15) is 50.5 Å². The summed E-state index contributed by atoms with van der Waals surface area (Å²) in [6.07, 6.45) is 6.91. The van der Waals surface area contributed by atoms with Crippen LogP contribution in [0.4, 0.5) is 0 Å². The molecule has 3 rings (SSSR count). The van der Waals surface area contributed by atoms with E-state index in [2.05, 4.69) is 47.5 Å². The maximum Gasteiger partial charge on any atom is 0.00965 e. The van der Waals surface area contributed by atoms with E-state index >= 15 is 0 Å². The molecule has 1 saturated carbocycles. The molecule has 1 heterocycles. The van der Waals surface area contributed by atoms with Gasteiger partial charge < -0.3 is 10.2 Å². The van der Waals surface area contributed by atoms with E-state index in [9.17, 15) is 0 Å². The van der Waals surface area contributed by atoms with Gasteiger partial charge in [0.05, 0.1) is 0 Å². The van der Waals surface area contributed by atoms with Crippen molar-refractivity contribution in [3.8, 4) is 0 Å². The molecule has 1 aliphatic heterocycles. The minimum atomic E-state index is 0.681. The first-order chi connectivity index (χ1) is 10.3. The number of benzene rings is 1. The highest BCUT2D eigenvalue weighted by Crippen LogP contribution is 2.30. The van der Waals surface area contributed by atoms with Gasteiger partial charge in [-0.05, 0) is 69.1 Å². The van der Waals surface area contributed by atoms with Crippen LogP contribution in [-0.2, 0) is 0 Å². The van der Waals surface area contributed by atoms with E-state index in [-0.39, 0.29) is 0 Å². The molecule has 1 aromatic carbocycles. The zero-order chi connectivity index (χ0) is 14.5. The molecule has 1 N–H and O–H groups in total. The predicted octanol–water partition coefficient (Wildman–Crippen LogP) is 3.64. The lowest BCUT2D eigenvalue weighted by Gasteiger charge is -2.31. The van der Waals surface area contributed by atoms with E-state index in [1.165, 1.54) is 63.8 Å². The average molecular weight is 286 g/mol. The van der Waals surface area contributed by atoms with Crippen LogP contribution < -0.4 is 5.32 Å². The quantitative estimate of drug-likeness (QED) is 0.823. The van der Waals surface area contributed by atoms with E-state index in [0.29, 0.717) is 5.92 Å². The van der Waals surface area contributed by atoms with Crippen molar-refractivity contribution in [1.29, 1.82) is 0 Å². The van der Waals surface area contributed by atoms with Crippen molar-refractivity contribution in [3.63, 3.8) is 0 Å². The molecule has 21 heavy (non-hydrogen) atoms. The number of piperidine rings is 1. The molecule has 0 aromatic heterocycles. The summed E-state index contributed by atoms with van der Waals surface area (Å²) < 4.78 is 0. The molecule has 0 bridgehead atoms. The normalized spacial score (nSPS) is 21.6. The summed E-state index contributed by atoms with van der Waals surface area (Å²) in [5, 5.41) is 3.49. The van der Waals surface area contributed by atoms with Gasteiger partial charge in [0, 0.05) is 12.6 Å². The van der Waals surface area contributed by atoms with Crippen molar-refractivity contribution in [3.05, 3.63) is 35.9 Å². The lowest BCUT2D eigenvalue weighted by Crippen LogP contribution is -2.38. The van der Waals surface area contributed by atoms with Gasteiger partial charge in [-0.3, -0.25) is 0 Å². The highest BCUT2D eigenvalue weighted by Gasteiger charge is 2.30. The third kappa shape index (κ3) is 4.55. The van der Waals surface area contributed by atoms with Crippen molar-refractivity contribution in [1.82, 2.24) is 10.2 Å². The lowest BCUT2D eigenvalue weighted by atomic mass is 9.95. The minimum Gasteiger partial charge on any atom is -0.317 e. The van der Waals surface area contributed by atoms with Crippen molar-refractivity contribution < 1.29 is 0 Å². The first kappa shape index (κ1) is 15.1. The van der Waals surface area contributed by atoms with Crippen LogP contribution in [0.3, 0.4) is 0 Å². The Morgan fingerprint density at radius 1 is 1.10 bits per heavy atom. The standard InChI is InChI=1S/C19H30N2/c1-16(18-5-3-2-4-6-18)11-14-21(19-7-8-19)15-17-9-12-20-13-10-17/h2-6,16-17,19-20H,7-15H2,1H3. The Kier molecular flexibility index (Phi) is 5.32. The molecular formula is C19H30N2. The maximum absolute atomic E-state index is 3.49. The molecule has 1 aromatic rings. The van der Waals surface area contributed by atoms with Crippen LogP contribution in [0.5, 0.6) is 0 Å². The second-order valence-corrected chi connectivity index (χ2v) is 7.02. The number of nitrogens with zero attached hydrogens (tertiary/aromatic N) is 1. The summed E-state index contributed by atoms with van der Waals surface area (Å²) in [5.41, 5.74) is 1.50. The Morgan fingerprint density at radius 2 is 1.81 bits per heavy atom. The largest absolute Gasteiger partial charge is 0.317 e. The van der Waals surface area contributed by atoms with Crippen molar-refractivity contribution in [2.24, 2.45) is 5.92 Å². The summed E-state index contributed by atoms with van der Waals surface area (Å²) >= 11 is 0. The zero-order valence-corrected chi connectivity index (χ0v) is 13.4. The van der Waals surface area contributed by atoms with E-state index in [1.54, 1.807) is 0 Å². The number of nitrogens with one attached hydrogen (secondary N) is 1. The van der Waals surface area contributed by atoms with Gasteiger partial charge >= 0.3 is 0 Å². The Morgan fingerprint density at radius 3 is 2.48 bits per heavy atom. The topological polar surface area (TPSA) is 15.3 Å². The molecule has 2 aliphatic rings. The summed E-state index contributed by atoms with van der Waals surface area (Å²) in [6.45, 7) is 7.45. The van der Waals surface area contributed by atoms with Crippen LogP contribution in [0.2, 0.25) is 0 Å². The van der Waals surface area contributed by atoms with E-state index in [4.69, 9.17) is 0 Å². The van der Waals surface area contributed by atoms with Crippen molar-refractivity contribution in [2.75, 3.05) is 26.2 Å². The Balaban J connectivity index is 1.48. The molecule has 1 atom stereocenters.